The molecule has 1 aliphatic heterocycles. The summed E-state index contributed by atoms with van der Waals surface area (Å²) in [6.07, 6.45) is 1.08. The van der Waals surface area contributed by atoms with Crippen LogP contribution in [0.3, 0.4) is 0 Å². The average molecular weight is 251 g/mol. The predicted molar refractivity (Wildman–Crippen MR) is 66.7 cm³/mol. The number of esters is 1. The summed E-state index contributed by atoms with van der Waals surface area (Å²) in [6, 6.07) is 0.287. The molecule has 0 spiro atoms. The van der Waals surface area contributed by atoms with Gasteiger partial charge in [-0.1, -0.05) is 0 Å². The average Bonchev–Trinajstić information content (AvgIpc) is 2.59. The van der Waals surface area contributed by atoms with Gasteiger partial charge in [0.25, 0.3) is 0 Å². The van der Waals surface area contributed by atoms with Gasteiger partial charge in [0.15, 0.2) is 0 Å². The maximum atomic E-state index is 11.6. The monoisotopic (exact) mass is 250 g/mol. The van der Waals surface area contributed by atoms with Crippen LogP contribution in [0, 0.1) is 5.92 Å². The molecular weight excluding hydrogens is 228 g/mol. The fourth-order valence-corrected chi connectivity index (χ4v) is 2.28. The molecule has 1 heterocycles. The summed E-state index contributed by atoms with van der Waals surface area (Å²) >= 11 is 0. The molecule has 1 saturated heterocycles. The lowest BCUT2D eigenvalue weighted by atomic mass is 10.1. The molecule has 0 amide bonds. The second-order valence-electron chi connectivity index (χ2n) is 4.31. The largest absolute Gasteiger partial charge is 0.465 e. The van der Waals surface area contributed by atoms with Crippen LogP contribution in [-0.4, -0.2) is 42.6 Å². The maximum absolute atomic E-state index is 11.6. The standard InChI is InChI=1S/C11H22N2O2.ClH/c1-4-15-11(14)9(3)13-7-10(6-12)5-8(13)2;/h8-10H,4-7,12H2,1-3H3;1H. The van der Waals surface area contributed by atoms with Crippen LogP contribution >= 0.6 is 12.4 Å². The van der Waals surface area contributed by atoms with Crippen LogP contribution in [0.5, 0.6) is 0 Å². The third kappa shape index (κ3) is 3.61. The second kappa shape index (κ2) is 7.09. The molecule has 1 rings (SSSR count). The molecule has 5 heteroatoms. The molecule has 3 atom stereocenters. The lowest BCUT2D eigenvalue weighted by Crippen LogP contribution is -2.42. The number of nitrogens with zero attached hydrogens (tertiary/aromatic N) is 1. The van der Waals surface area contributed by atoms with Gasteiger partial charge in [0.1, 0.15) is 6.04 Å². The van der Waals surface area contributed by atoms with E-state index >= 15 is 0 Å². The number of carbonyl (C=O) groups excluding carboxylic acids is 1. The Morgan fingerprint density at radius 2 is 2.25 bits per heavy atom. The first kappa shape index (κ1) is 15.7. The smallest absolute Gasteiger partial charge is 0.323 e. The molecule has 1 fully saturated rings. The van der Waals surface area contributed by atoms with Crippen molar-refractivity contribution in [2.45, 2.75) is 39.3 Å². The van der Waals surface area contributed by atoms with Gasteiger partial charge in [0.2, 0.25) is 0 Å². The van der Waals surface area contributed by atoms with Crippen LogP contribution < -0.4 is 5.73 Å². The number of carbonyl (C=O) groups is 1. The molecular formula is C11H23ClN2O2. The molecule has 0 saturated carbocycles. The highest BCUT2D eigenvalue weighted by atomic mass is 35.5. The van der Waals surface area contributed by atoms with E-state index in [1.54, 1.807) is 0 Å². The molecule has 0 aliphatic carbocycles. The van der Waals surface area contributed by atoms with E-state index in [9.17, 15) is 4.79 Å². The van der Waals surface area contributed by atoms with Crippen molar-refractivity contribution in [1.82, 2.24) is 4.90 Å². The number of nitrogens with two attached hydrogens (primary N) is 1. The van der Waals surface area contributed by atoms with Crippen molar-refractivity contribution < 1.29 is 9.53 Å². The van der Waals surface area contributed by atoms with Crippen LogP contribution in [0.15, 0.2) is 0 Å². The van der Waals surface area contributed by atoms with Gasteiger partial charge in [-0.25, -0.2) is 0 Å². The van der Waals surface area contributed by atoms with E-state index in [0.717, 1.165) is 13.0 Å². The Morgan fingerprint density at radius 3 is 2.69 bits per heavy atom. The van der Waals surface area contributed by atoms with Crippen LogP contribution in [0.4, 0.5) is 0 Å². The molecule has 0 aromatic heterocycles. The molecule has 0 aromatic carbocycles. The van der Waals surface area contributed by atoms with Crippen molar-refractivity contribution in [3.63, 3.8) is 0 Å². The van der Waals surface area contributed by atoms with E-state index in [1.807, 2.05) is 13.8 Å². The minimum Gasteiger partial charge on any atom is -0.465 e. The first-order valence-corrected chi connectivity index (χ1v) is 5.72. The zero-order chi connectivity index (χ0) is 11.4. The first-order chi connectivity index (χ1) is 7.10. The zero-order valence-electron chi connectivity index (χ0n) is 10.3. The van der Waals surface area contributed by atoms with Crippen LogP contribution in [0.2, 0.25) is 0 Å². The van der Waals surface area contributed by atoms with Crippen LogP contribution in [0.25, 0.3) is 0 Å². The molecule has 3 unspecified atom stereocenters. The first-order valence-electron chi connectivity index (χ1n) is 5.72. The number of ether oxygens (including phenoxy) is 1. The molecule has 16 heavy (non-hydrogen) atoms. The van der Waals surface area contributed by atoms with Crippen molar-refractivity contribution in [1.29, 1.82) is 0 Å². The maximum Gasteiger partial charge on any atom is 0.323 e. The summed E-state index contributed by atoms with van der Waals surface area (Å²) in [4.78, 5) is 13.8. The van der Waals surface area contributed by atoms with Gasteiger partial charge in [0, 0.05) is 12.6 Å². The third-order valence-electron chi connectivity index (χ3n) is 3.17. The Kier molecular flexibility index (Phi) is 6.95. The van der Waals surface area contributed by atoms with Gasteiger partial charge in [0.05, 0.1) is 6.61 Å². The zero-order valence-corrected chi connectivity index (χ0v) is 11.1. The highest BCUT2D eigenvalue weighted by Crippen LogP contribution is 2.24. The molecule has 96 valence electrons. The molecule has 2 N–H and O–H groups in total. The highest BCUT2D eigenvalue weighted by Gasteiger charge is 2.34. The van der Waals surface area contributed by atoms with Gasteiger partial charge in [-0.2, -0.15) is 0 Å². The molecule has 1 aliphatic rings. The van der Waals surface area contributed by atoms with E-state index in [0.29, 0.717) is 25.1 Å². The van der Waals surface area contributed by atoms with Gasteiger partial charge in [-0.05, 0) is 39.7 Å². The Hall–Kier alpha value is -0.320. The normalized spacial score (nSPS) is 27.2. The Bertz CT molecular complexity index is 226. The number of halogens is 1. The minimum atomic E-state index is -0.142. The van der Waals surface area contributed by atoms with E-state index < -0.39 is 0 Å². The van der Waals surface area contributed by atoms with Crippen molar-refractivity contribution >= 4 is 18.4 Å². The quantitative estimate of drug-likeness (QED) is 0.758. The van der Waals surface area contributed by atoms with Gasteiger partial charge < -0.3 is 10.5 Å². The fourth-order valence-electron chi connectivity index (χ4n) is 2.28. The number of hydrogen-bond donors (Lipinski definition) is 1. The summed E-state index contributed by atoms with van der Waals surface area (Å²) < 4.78 is 5.02. The number of rotatable bonds is 4. The Balaban J connectivity index is 0.00000225. The number of hydrogen-bond acceptors (Lipinski definition) is 4. The van der Waals surface area contributed by atoms with Gasteiger partial charge in [-0.15, -0.1) is 12.4 Å². The molecule has 0 radical (unpaired) electrons. The molecule has 0 aromatic rings. The lowest BCUT2D eigenvalue weighted by molar-refractivity contribution is -0.149. The minimum absolute atomic E-state index is 0. The van der Waals surface area contributed by atoms with E-state index in [-0.39, 0.29) is 24.4 Å². The third-order valence-corrected chi connectivity index (χ3v) is 3.17. The summed E-state index contributed by atoms with van der Waals surface area (Å²) in [5, 5.41) is 0. The summed E-state index contributed by atoms with van der Waals surface area (Å²) in [5.74, 6) is 0.402. The van der Waals surface area contributed by atoms with Crippen molar-refractivity contribution in [2.24, 2.45) is 11.7 Å². The van der Waals surface area contributed by atoms with Crippen molar-refractivity contribution in [2.75, 3.05) is 19.7 Å². The van der Waals surface area contributed by atoms with Crippen LogP contribution in [0.1, 0.15) is 27.2 Å². The predicted octanol–water partition coefficient (Wildman–Crippen LogP) is 1.03. The van der Waals surface area contributed by atoms with E-state index in [4.69, 9.17) is 10.5 Å². The van der Waals surface area contributed by atoms with Gasteiger partial charge in [-0.3, -0.25) is 9.69 Å². The Morgan fingerprint density at radius 1 is 1.62 bits per heavy atom. The summed E-state index contributed by atoms with van der Waals surface area (Å²) in [6.45, 7) is 7.96. The van der Waals surface area contributed by atoms with E-state index in [1.165, 1.54) is 0 Å². The fraction of sp³-hybridized carbons (Fsp3) is 0.909. The van der Waals surface area contributed by atoms with Gasteiger partial charge >= 0.3 is 5.97 Å². The topological polar surface area (TPSA) is 55.6 Å². The number of likely N-dealkylation sites (tertiary alicyclic amines) is 1. The van der Waals surface area contributed by atoms with Crippen molar-refractivity contribution in [3.05, 3.63) is 0 Å². The van der Waals surface area contributed by atoms with Crippen molar-refractivity contribution in [3.8, 4) is 0 Å². The second-order valence-corrected chi connectivity index (χ2v) is 4.31. The summed E-state index contributed by atoms with van der Waals surface area (Å²) in [7, 11) is 0. The highest BCUT2D eigenvalue weighted by molar-refractivity contribution is 5.85. The molecule has 0 bridgehead atoms. The Labute approximate surface area is 104 Å². The SMILES string of the molecule is CCOC(=O)C(C)N1CC(CN)CC1C.Cl. The molecule has 4 nitrogen and oxygen atoms in total. The van der Waals surface area contributed by atoms with Crippen LogP contribution in [-0.2, 0) is 9.53 Å². The van der Waals surface area contributed by atoms with E-state index in [2.05, 4.69) is 11.8 Å². The summed E-state index contributed by atoms with van der Waals surface area (Å²) in [5.41, 5.74) is 5.65. The lowest BCUT2D eigenvalue weighted by Gasteiger charge is -2.26.